The molecule has 9 rings (SSSR count). The Balaban J connectivity index is 1.10. The van der Waals surface area contributed by atoms with E-state index in [0.29, 0.717) is 0 Å². The lowest BCUT2D eigenvalue weighted by atomic mass is 9.93. The van der Waals surface area contributed by atoms with Gasteiger partial charge in [-0.05, 0) is 6.92 Å². The predicted molar refractivity (Wildman–Crippen MR) is 342 cm³/mol. The first-order chi connectivity index (χ1) is 52.5. The molecule has 0 saturated carbocycles. The second-order valence-electron chi connectivity index (χ2n) is 28.1. The summed E-state index contributed by atoms with van der Waals surface area (Å²) in [6.45, 7) is -3.91. The molecule has 111 heavy (non-hydrogen) atoms. The number of hydrogen-bond donors (Lipinski definition) is 28. The highest BCUT2D eigenvalue weighted by Gasteiger charge is 2.61. The van der Waals surface area contributed by atoms with E-state index in [9.17, 15) is 142 Å². The standard InChI is InChI=1S/C62H104N4O45/c1-14-31(78)39(86)43(90)58(96-14)109-51-30(66-18(5)77)54(94)97-25(12-73)49(51)107-56-28(64-16(3)75)37(84)48(24(11-72)102-56)106-61-46(93)52(110-60-45(92)41(88)34(81)21(8-69)100-60)50(108-55-27(63-15(2)74)36(83)32(79)19(6-67)98-55)26(104-61)13-95-62-53(42(89)35(82)22(9-70)101-62)111-57-29(65-17(4)76)38(85)47(23(10-71)103-57)105-59-44(91)40(87)33(80)20(7-68)99-59/h14,19-62,67-73,78-94H,6-13H2,1-5H3,(H,63,74)(H,64,75)(H,65,76)(H,66,77)/t14-,19+,20+,21+,22+,23+,24+,25+,26+,27+,28+,29+,30+,31+,32+,33-,34+,35+,36+,37+,38+,39+,40-,41-,42-,43-,44+,45-,46-,47+,48+,49+,50+,51+,52+,53-,54+,55-,56-,57-,58-,59-,60+,61-,62-/m0/s1. The minimum atomic E-state index is -2.60. The van der Waals surface area contributed by atoms with Crippen molar-refractivity contribution in [3.63, 3.8) is 0 Å². The number of nitrogens with one attached hydrogen (secondary N) is 4. The molecule has 0 aromatic carbocycles. The number of hydrogen-bond acceptors (Lipinski definition) is 45. The molecule has 9 aliphatic rings. The van der Waals surface area contributed by atoms with E-state index in [1.54, 1.807) is 0 Å². The molecule has 642 valence electrons. The minimum Gasteiger partial charge on any atom is -0.394 e. The fourth-order valence-electron chi connectivity index (χ4n) is 14.4. The highest BCUT2D eigenvalue weighted by atomic mass is 16.8. The molecule has 0 aliphatic carbocycles. The molecule has 49 nitrogen and oxygen atoms in total. The van der Waals surface area contributed by atoms with Gasteiger partial charge < -0.3 is 224 Å². The first kappa shape index (κ1) is 91.1. The molecule has 45 atom stereocenters. The van der Waals surface area contributed by atoms with Crippen LogP contribution in [0, 0.1) is 0 Å². The topological polar surface area (TPSA) is 759 Å². The molecule has 0 radical (unpaired) electrons. The molecule has 9 aliphatic heterocycles. The number of carbonyl (C=O) groups is 4. The Labute approximate surface area is 629 Å². The number of aliphatic hydroxyl groups excluding tert-OH is 24. The van der Waals surface area contributed by atoms with Crippen molar-refractivity contribution in [1.82, 2.24) is 21.3 Å². The molecule has 0 aromatic rings. The fourth-order valence-corrected chi connectivity index (χ4v) is 14.4. The van der Waals surface area contributed by atoms with Gasteiger partial charge in [-0.2, -0.15) is 0 Å². The Morgan fingerprint density at radius 2 is 0.541 bits per heavy atom. The van der Waals surface area contributed by atoms with Gasteiger partial charge in [-0.3, -0.25) is 19.2 Å². The first-order valence-corrected chi connectivity index (χ1v) is 35.5. The Morgan fingerprint density at radius 3 is 0.964 bits per heavy atom. The molecule has 9 fully saturated rings. The monoisotopic (exact) mass is 1620 g/mol. The van der Waals surface area contributed by atoms with Crippen molar-refractivity contribution < 1.29 is 222 Å². The minimum absolute atomic E-state index is 0.850. The number of amides is 4. The highest BCUT2D eigenvalue weighted by molar-refractivity contribution is 5.74. The third-order valence-corrected chi connectivity index (χ3v) is 20.3. The number of aliphatic hydroxyl groups is 24. The molecule has 0 unspecified atom stereocenters. The van der Waals surface area contributed by atoms with E-state index in [0.717, 1.165) is 27.7 Å². The van der Waals surface area contributed by atoms with Crippen LogP contribution in [0.15, 0.2) is 0 Å². The molecular formula is C62H104N4O45. The van der Waals surface area contributed by atoms with Gasteiger partial charge in [0.15, 0.2) is 56.6 Å². The maximum absolute atomic E-state index is 13.3. The highest BCUT2D eigenvalue weighted by Crippen LogP contribution is 2.41. The Morgan fingerprint density at radius 1 is 0.252 bits per heavy atom. The van der Waals surface area contributed by atoms with Crippen molar-refractivity contribution >= 4 is 23.6 Å². The Kier molecular flexibility index (Phi) is 32.6. The van der Waals surface area contributed by atoms with Crippen molar-refractivity contribution in [3.05, 3.63) is 0 Å². The van der Waals surface area contributed by atoms with Crippen LogP contribution in [-0.2, 0) is 99.7 Å². The lowest BCUT2D eigenvalue weighted by Gasteiger charge is -2.52. The summed E-state index contributed by atoms with van der Waals surface area (Å²) in [5, 5.41) is 276. The van der Waals surface area contributed by atoms with Crippen LogP contribution >= 0.6 is 0 Å². The fraction of sp³-hybridized carbons (Fsp3) is 0.935. The van der Waals surface area contributed by atoms with Gasteiger partial charge in [0, 0.05) is 27.7 Å². The van der Waals surface area contributed by atoms with Crippen LogP contribution in [0.2, 0.25) is 0 Å². The van der Waals surface area contributed by atoms with Gasteiger partial charge in [-0.1, -0.05) is 0 Å². The largest absolute Gasteiger partial charge is 0.394 e. The van der Waals surface area contributed by atoms with Gasteiger partial charge >= 0.3 is 0 Å². The maximum atomic E-state index is 13.3. The molecule has 0 spiro atoms. The molecular weight excluding hydrogens is 1520 g/mol. The number of carbonyl (C=O) groups excluding carboxylic acids is 4. The predicted octanol–water partition coefficient (Wildman–Crippen LogP) is -19.0. The summed E-state index contributed by atoms with van der Waals surface area (Å²) in [6, 6.07) is -7.61. The van der Waals surface area contributed by atoms with Crippen LogP contribution in [0.5, 0.6) is 0 Å². The summed E-state index contributed by atoms with van der Waals surface area (Å²) in [7, 11) is 0. The SMILES string of the molecule is CC(=O)N[C@@H]1[C@@H](O[C@@H]2O[C@@H](C)[C@@H](O)[C@@H](O)[C@@H]2O)[C@H](O[C@@H]2O[C@H](CO)[C@@H](O[C@@H]3O[C@H](CO[C@H]4O[C@H](CO)[C@@H](O)[C@H](O)[C@@H]4O[C@@H]4O[C@H](CO)[C@@H](O[C@@H]5O[C@H](CO)[C@H](O)[C@H](O)[C@H]5O)[C@H](O)[C@H]4NC(C)=O)[C@@H](O[C@@H]4O[C@H](CO)[C@@H](O)[C@H](O)[C@H]4NC(C)=O)[C@H](O[C@H]4O[C@H](CO)[C@@H](O)[C@H](O)[C@@H]4O)[C@@H]3O)[C@H](O)[C@H]2NC(C)=O)[C@@H](CO)O[C@H]1O. The average molecular weight is 1630 g/mol. The molecule has 0 aromatic heterocycles. The van der Waals surface area contributed by atoms with Crippen LogP contribution < -0.4 is 21.3 Å². The van der Waals surface area contributed by atoms with Crippen LogP contribution in [0.3, 0.4) is 0 Å². The van der Waals surface area contributed by atoms with Crippen molar-refractivity contribution in [3.8, 4) is 0 Å². The van der Waals surface area contributed by atoms with Gasteiger partial charge in [0.05, 0.1) is 59.0 Å². The lowest BCUT2D eigenvalue weighted by Crippen LogP contribution is -2.72. The van der Waals surface area contributed by atoms with Crippen molar-refractivity contribution in [2.24, 2.45) is 0 Å². The van der Waals surface area contributed by atoms with Crippen LogP contribution in [0.1, 0.15) is 34.6 Å². The van der Waals surface area contributed by atoms with Crippen LogP contribution in [0.4, 0.5) is 0 Å². The summed E-state index contributed by atoms with van der Waals surface area (Å²) in [5.74, 6) is -3.71. The van der Waals surface area contributed by atoms with E-state index in [2.05, 4.69) is 21.3 Å². The lowest BCUT2D eigenvalue weighted by molar-refractivity contribution is -0.402. The first-order valence-electron chi connectivity index (χ1n) is 35.5. The van der Waals surface area contributed by atoms with Crippen LogP contribution in [0.25, 0.3) is 0 Å². The molecule has 0 bridgehead atoms. The summed E-state index contributed by atoms with van der Waals surface area (Å²) in [5.41, 5.74) is 0. The molecule has 9 heterocycles. The maximum Gasteiger partial charge on any atom is 0.217 e. The van der Waals surface area contributed by atoms with E-state index in [1.165, 1.54) is 6.92 Å². The summed E-state index contributed by atoms with van der Waals surface area (Å²) in [4.78, 5) is 51.8. The molecule has 49 heteroatoms. The Bertz CT molecular complexity index is 2950. The summed E-state index contributed by atoms with van der Waals surface area (Å²) in [6.07, 6.45) is -84.9. The van der Waals surface area contributed by atoms with Crippen LogP contribution in [-0.4, -0.2) is 475 Å². The third kappa shape index (κ3) is 20.2. The van der Waals surface area contributed by atoms with Gasteiger partial charge in [0.1, 0.15) is 213 Å². The molecule has 4 amide bonds. The second-order valence-corrected chi connectivity index (χ2v) is 28.1. The van der Waals surface area contributed by atoms with Gasteiger partial charge in [-0.25, -0.2) is 0 Å². The second kappa shape index (κ2) is 39.7. The van der Waals surface area contributed by atoms with E-state index < -0.39 is 353 Å². The zero-order valence-electron chi connectivity index (χ0n) is 59.9. The van der Waals surface area contributed by atoms with Gasteiger partial charge in [-0.15, -0.1) is 0 Å². The average Bonchev–Trinajstić information content (AvgIpc) is 0.779. The number of ether oxygens (including phenoxy) is 17. The van der Waals surface area contributed by atoms with Gasteiger partial charge in [0.2, 0.25) is 23.6 Å². The summed E-state index contributed by atoms with van der Waals surface area (Å²) < 4.78 is 103. The van der Waals surface area contributed by atoms with E-state index in [4.69, 9.17) is 80.5 Å². The van der Waals surface area contributed by atoms with E-state index in [1.807, 2.05) is 0 Å². The third-order valence-electron chi connectivity index (χ3n) is 20.3. The van der Waals surface area contributed by atoms with E-state index in [-0.39, 0.29) is 0 Å². The van der Waals surface area contributed by atoms with Crippen molar-refractivity contribution in [2.75, 3.05) is 52.9 Å². The normalized spacial score (nSPS) is 49.3. The van der Waals surface area contributed by atoms with Crippen molar-refractivity contribution in [2.45, 2.75) is 311 Å². The summed E-state index contributed by atoms with van der Waals surface area (Å²) >= 11 is 0. The molecule has 28 N–H and O–H groups in total. The van der Waals surface area contributed by atoms with E-state index >= 15 is 0 Å². The zero-order chi connectivity index (χ0) is 81.8. The smallest absolute Gasteiger partial charge is 0.217 e. The van der Waals surface area contributed by atoms with Gasteiger partial charge in [0.25, 0.3) is 0 Å². The molecule has 9 saturated heterocycles. The quantitative estimate of drug-likeness (QED) is 0.0346. The number of rotatable bonds is 28. The Hall–Kier alpha value is -3.76. The van der Waals surface area contributed by atoms with Crippen molar-refractivity contribution in [1.29, 1.82) is 0 Å². The zero-order valence-corrected chi connectivity index (χ0v) is 59.9.